The lowest BCUT2D eigenvalue weighted by molar-refractivity contribution is -0.0489. The summed E-state index contributed by atoms with van der Waals surface area (Å²) in [5.41, 5.74) is 0.229. The van der Waals surface area contributed by atoms with Crippen molar-refractivity contribution in [2.24, 2.45) is 7.05 Å². The molecule has 7 nitrogen and oxygen atoms in total. The summed E-state index contributed by atoms with van der Waals surface area (Å²) in [7, 11) is 1.61. The number of carbonyl (C=O) groups is 1. The summed E-state index contributed by atoms with van der Waals surface area (Å²) in [5, 5.41) is 6.79. The van der Waals surface area contributed by atoms with Crippen LogP contribution in [0.2, 0.25) is 5.02 Å². The number of aryl methyl sites for hydroxylation is 2. The Morgan fingerprint density at radius 3 is 2.84 bits per heavy atom. The highest BCUT2D eigenvalue weighted by atomic mass is 35.5. The molecule has 0 spiro atoms. The van der Waals surface area contributed by atoms with Gasteiger partial charge < -0.3 is 14.5 Å². The Balaban J connectivity index is 2.04. The number of rotatable bonds is 5. The van der Waals surface area contributed by atoms with Crippen LogP contribution in [0.1, 0.15) is 23.2 Å². The maximum absolute atomic E-state index is 12.6. The Bertz CT molecular complexity index is 919. The van der Waals surface area contributed by atoms with Crippen LogP contribution >= 0.6 is 11.6 Å². The predicted octanol–water partition coefficient (Wildman–Crippen LogP) is 3.63. The molecule has 0 unspecified atom stereocenters. The Kier molecular flexibility index (Phi) is 4.58. The van der Waals surface area contributed by atoms with Crippen LogP contribution in [-0.4, -0.2) is 27.3 Å². The first-order valence-electron chi connectivity index (χ1n) is 7.26. The third-order valence-corrected chi connectivity index (χ3v) is 3.72. The van der Waals surface area contributed by atoms with Crippen LogP contribution in [0.15, 0.2) is 22.7 Å². The number of halogens is 3. The number of anilines is 1. The molecule has 0 saturated heterocycles. The molecule has 0 atom stereocenters. The van der Waals surface area contributed by atoms with Crippen LogP contribution < -0.4 is 10.1 Å². The van der Waals surface area contributed by atoms with Crippen LogP contribution in [0.5, 0.6) is 5.75 Å². The summed E-state index contributed by atoms with van der Waals surface area (Å²) >= 11 is 5.97. The van der Waals surface area contributed by atoms with Crippen molar-refractivity contribution in [2.75, 3.05) is 5.32 Å². The molecule has 3 rings (SSSR count). The highest BCUT2D eigenvalue weighted by Crippen LogP contribution is 2.31. The number of carbonyl (C=O) groups excluding carboxylic acids is 1. The topological polar surface area (TPSA) is 82.2 Å². The van der Waals surface area contributed by atoms with Gasteiger partial charge >= 0.3 is 6.61 Å². The molecule has 0 aliphatic carbocycles. The Hall–Kier alpha value is -2.68. The normalized spacial score (nSPS) is 11.3. The minimum Gasteiger partial charge on any atom is -0.440 e. The zero-order valence-electron chi connectivity index (χ0n) is 13.2. The molecule has 2 aromatic heterocycles. The van der Waals surface area contributed by atoms with Crippen molar-refractivity contribution < 1.29 is 22.7 Å². The Morgan fingerprint density at radius 1 is 1.48 bits per heavy atom. The number of hydrogen-bond donors (Lipinski definition) is 1. The molecule has 0 radical (unpaired) electrons. The van der Waals surface area contributed by atoms with E-state index >= 15 is 0 Å². The van der Waals surface area contributed by atoms with Gasteiger partial charge in [-0.3, -0.25) is 9.48 Å². The molecule has 2 heterocycles. The van der Waals surface area contributed by atoms with E-state index in [1.807, 2.05) is 0 Å². The van der Waals surface area contributed by atoms with Gasteiger partial charge in [-0.05, 0) is 12.1 Å². The second-order valence-corrected chi connectivity index (χ2v) is 5.45. The van der Waals surface area contributed by atoms with E-state index < -0.39 is 12.5 Å². The number of amides is 1. The number of ether oxygens (including phenoxy) is 1. The van der Waals surface area contributed by atoms with Gasteiger partial charge in [-0.1, -0.05) is 18.5 Å². The lowest BCUT2D eigenvalue weighted by Crippen LogP contribution is -2.15. The first kappa shape index (κ1) is 17.2. The summed E-state index contributed by atoms with van der Waals surface area (Å²) in [6, 6.07) is 2.57. The van der Waals surface area contributed by atoms with Gasteiger partial charge in [-0.2, -0.15) is 13.9 Å². The van der Waals surface area contributed by atoms with Crippen molar-refractivity contribution in [3.63, 3.8) is 0 Å². The van der Waals surface area contributed by atoms with Crippen molar-refractivity contribution in [1.29, 1.82) is 0 Å². The van der Waals surface area contributed by atoms with Gasteiger partial charge in [-0.25, -0.2) is 4.98 Å². The number of nitrogens with one attached hydrogen (secondary N) is 1. The van der Waals surface area contributed by atoms with E-state index in [0.29, 0.717) is 18.1 Å². The number of benzene rings is 1. The van der Waals surface area contributed by atoms with Gasteiger partial charge in [0.2, 0.25) is 0 Å². The van der Waals surface area contributed by atoms with E-state index in [1.54, 1.807) is 14.0 Å². The average molecular weight is 371 g/mol. The number of hydrogen-bond acceptors (Lipinski definition) is 5. The van der Waals surface area contributed by atoms with Gasteiger partial charge in [0.05, 0.1) is 11.8 Å². The number of oxazole rings is 1. The monoisotopic (exact) mass is 370 g/mol. The maximum Gasteiger partial charge on any atom is 0.387 e. The molecule has 1 aromatic carbocycles. The van der Waals surface area contributed by atoms with E-state index in [-0.39, 0.29) is 27.4 Å². The Morgan fingerprint density at radius 2 is 2.24 bits per heavy atom. The molecule has 10 heteroatoms. The predicted molar refractivity (Wildman–Crippen MR) is 86.2 cm³/mol. The van der Waals surface area contributed by atoms with E-state index in [4.69, 9.17) is 16.0 Å². The molecule has 0 bridgehead atoms. The standard InChI is InChI=1S/C15H13ClF2N4O3/c1-3-10-20-11-9(24-15(17)18)5-4-7(12(11)25-10)14(23)21-13-8(16)6-19-22(13)2/h4-6,15H,3H2,1-2H3,(H,21,23). The summed E-state index contributed by atoms with van der Waals surface area (Å²) < 4.78 is 36.5. The van der Waals surface area contributed by atoms with Crippen molar-refractivity contribution in [3.05, 3.63) is 34.8 Å². The molecule has 3 aromatic rings. The summed E-state index contributed by atoms with van der Waals surface area (Å²) in [5.74, 6) is -0.114. The fourth-order valence-corrected chi connectivity index (χ4v) is 2.49. The Labute approximate surface area is 145 Å². The van der Waals surface area contributed by atoms with Gasteiger partial charge in [0.25, 0.3) is 5.91 Å². The molecule has 1 amide bonds. The molecule has 132 valence electrons. The first-order valence-corrected chi connectivity index (χ1v) is 7.64. The summed E-state index contributed by atoms with van der Waals surface area (Å²) in [6.07, 6.45) is 1.81. The van der Waals surface area contributed by atoms with Crippen molar-refractivity contribution in [1.82, 2.24) is 14.8 Å². The van der Waals surface area contributed by atoms with Crippen LogP contribution in [0.4, 0.5) is 14.6 Å². The number of nitrogens with zero attached hydrogens (tertiary/aromatic N) is 3. The fourth-order valence-electron chi connectivity index (χ4n) is 2.27. The summed E-state index contributed by atoms with van der Waals surface area (Å²) in [4.78, 5) is 16.7. The molecule has 0 saturated carbocycles. The van der Waals surface area contributed by atoms with Gasteiger partial charge in [0, 0.05) is 13.5 Å². The molecule has 0 aliphatic rings. The van der Waals surface area contributed by atoms with Gasteiger partial charge in [0.1, 0.15) is 10.8 Å². The summed E-state index contributed by atoms with van der Waals surface area (Å²) in [6.45, 7) is -1.23. The molecule has 25 heavy (non-hydrogen) atoms. The molecular weight excluding hydrogens is 358 g/mol. The van der Waals surface area contributed by atoms with Gasteiger partial charge in [0.15, 0.2) is 22.7 Å². The number of alkyl halides is 2. The van der Waals surface area contributed by atoms with Crippen LogP contribution in [-0.2, 0) is 13.5 Å². The zero-order valence-corrected chi connectivity index (χ0v) is 14.0. The highest BCUT2D eigenvalue weighted by molar-refractivity contribution is 6.33. The second kappa shape index (κ2) is 6.67. The van der Waals surface area contributed by atoms with E-state index in [2.05, 4.69) is 20.1 Å². The minimum absolute atomic E-state index is 0.0564. The van der Waals surface area contributed by atoms with E-state index in [0.717, 1.165) is 0 Å². The second-order valence-electron chi connectivity index (χ2n) is 5.05. The largest absolute Gasteiger partial charge is 0.440 e. The SMILES string of the molecule is CCc1nc2c(OC(F)F)ccc(C(=O)Nc3c(Cl)cnn3C)c2o1. The number of fused-ring (bicyclic) bond motifs is 1. The fraction of sp³-hybridized carbons (Fsp3) is 0.267. The zero-order chi connectivity index (χ0) is 18.1. The van der Waals surface area contributed by atoms with Crippen LogP contribution in [0.3, 0.4) is 0 Å². The third-order valence-electron chi connectivity index (χ3n) is 3.44. The number of aromatic nitrogens is 3. The third kappa shape index (κ3) is 3.27. The van der Waals surface area contributed by atoms with Crippen molar-refractivity contribution in [3.8, 4) is 5.75 Å². The molecular formula is C15H13ClF2N4O3. The molecule has 0 aliphatic heterocycles. The van der Waals surface area contributed by atoms with E-state index in [1.165, 1.54) is 23.0 Å². The lowest BCUT2D eigenvalue weighted by Gasteiger charge is -2.08. The average Bonchev–Trinajstić information content (AvgIpc) is 3.13. The minimum atomic E-state index is -3.02. The highest BCUT2D eigenvalue weighted by Gasteiger charge is 2.22. The van der Waals surface area contributed by atoms with Crippen LogP contribution in [0.25, 0.3) is 11.1 Å². The lowest BCUT2D eigenvalue weighted by atomic mass is 10.1. The van der Waals surface area contributed by atoms with Crippen molar-refractivity contribution >= 4 is 34.4 Å². The smallest absolute Gasteiger partial charge is 0.387 e. The molecule has 0 fully saturated rings. The first-order chi connectivity index (χ1) is 11.9. The maximum atomic E-state index is 12.6. The van der Waals surface area contributed by atoms with Crippen LogP contribution in [0, 0.1) is 0 Å². The molecule has 1 N–H and O–H groups in total. The van der Waals surface area contributed by atoms with Crippen molar-refractivity contribution in [2.45, 2.75) is 20.0 Å². The quantitative estimate of drug-likeness (QED) is 0.741. The van der Waals surface area contributed by atoms with Gasteiger partial charge in [-0.15, -0.1) is 0 Å². The van der Waals surface area contributed by atoms with E-state index in [9.17, 15) is 13.6 Å².